The van der Waals surface area contributed by atoms with Gasteiger partial charge in [0.1, 0.15) is 29.7 Å². The van der Waals surface area contributed by atoms with Crippen LogP contribution >= 0.6 is 43.5 Å². The van der Waals surface area contributed by atoms with E-state index in [0.717, 1.165) is 10.0 Å². The summed E-state index contributed by atoms with van der Waals surface area (Å²) in [4.78, 5) is 12.7. The highest BCUT2D eigenvalue weighted by atomic mass is 79.9. The maximum absolute atomic E-state index is 12.7. The van der Waals surface area contributed by atoms with Gasteiger partial charge in [0.25, 0.3) is 5.91 Å². The smallest absolute Gasteiger partial charge is 0.266 e. The first-order chi connectivity index (χ1) is 15.9. The summed E-state index contributed by atoms with van der Waals surface area (Å²) in [5.41, 5.74) is 1.94. The number of hydrogen-bond donors (Lipinski definition) is 1. The second-order valence-corrected chi connectivity index (χ2v) is 9.01. The summed E-state index contributed by atoms with van der Waals surface area (Å²) < 4.78 is 12.9. The van der Waals surface area contributed by atoms with Crippen LogP contribution in [0.4, 0.5) is 5.69 Å². The number of halogens is 3. The Hall–Kier alpha value is -2.79. The van der Waals surface area contributed by atoms with Crippen molar-refractivity contribution in [3.05, 3.63) is 91.3 Å². The van der Waals surface area contributed by atoms with Gasteiger partial charge in [-0.1, -0.05) is 39.7 Å². The molecule has 0 aromatic heterocycles. The summed E-state index contributed by atoms with van der Waals surface area (Å²) in [6.45, 7) is 2.71. The maximum Gasteiger partial charge on any atom is 0.266 e. The number of benzene rings is 3. The fourth-order valence-electron chi connectivity index (χ4n) is 2.93. The van der Waals surface area contributed by atoms with Gasteiger partial charge >= 0.3 is 0 Å². The van der Waals surface area contributed by atoms with Crippen molar-refractivity contribution in [1.82, 2.24) is 0 Å². The quantitative estimate of drug-likeness (QED) is 0.219. The lowest BCUT2D eigenvalue weighted by Crippen LogP contribution is -2.13. The van der Waals surface area contributed by atoms with E-state index in [2.05, 4.69) is 37.2 Å². The van der Waals surface area contributed by atoms with Crippen molar-refractivity contribution >= 4 is 61.1 Å². The number of hydrogen-bond acceptors (Lipinski definition) is 4. The molecule has 0 aliphatic heterocycles. The second-order valence-electron chi connectivity index (χ2n) is 6.81. The lowest BCUT2D eigenvalue weighted by atomic mass is 10.1. The molecule has 0 saturated heterocycles. The SMILES string of the molecule is CCOc1ccc(NC(=O)/C(C#N)=C/c2cc(Br)cc(Br)c2OCc2cccc(Cl)c2)cc1. The van der Waals surface area contributed by atoms with Crippen molar-refractivity contribution in [2.75, 3.05) is 11.9 Å². The Kier molecular flexibility index (Phi) is 8.95. The minimum Gasteiger partial charge on any atom is -0.494 e. The number of nitriles is 1. The molecule has 0 radical (unpaired) electrons. The molecule has 0 fully saturated rings. The van der Waals surface area contributed by atoms with Gasteiger partial charge in [0.05, 0.1) is 11.1 Å². The zero-order chi connectivity index (χ0) is 23.8. The van der Waals surface area contributed by atoms with E-state index in [1.165, 1.54) is 6.08 Å². The Bertz CT molecular complexity index is 1220. The maximum atomic E-state index is 12.7. The molecular weight excluding hydrogens is 572 g/mol. The summed E-state index contributed by atoms with van der Waals surface area (Å²) in [6.07, 6.45) is 1.49. The first-order valence-electron chi connectivity index (χ1n) is 9.92. The van der Waals surface area contributed by atoms with Gasteiger partial charge in [0, 0.05) is 20.7 Å². The summed E-state index contributed by atoms with van der Waals surface area (Å²) in [5.74, 6) is 0.672. The molecule has 33 heavy (non-hydrogen) atoms. The number of anilines is 1. The van der Waals surface area contributed by atoms with E-state index in [1.807, 2.05) is 37.3 Å². The van der Waals surface area contributed by atoms with Crippen molar-refractivity contribution in [3.8, 4) is 17.6 Å². The molecule has 0 bridgehead atoms. The molecule has 0 atom stereocenters. The van der Waals surface area contributed by atoms with Crippen LogP contribution in [0.15, 0.2) is 75.2 Å². The van der Waals surface area contributed by atoms with Crippen LogP contribution in [0.1, 0.15) is 18.1 Å². The van der Waals surface area contributed by atoms with Gasteiger partial charge in [-0.15, -0.1) is 0 Å². The zero-order valence-electron chi connectivity index (χ0n) is 17.6. The molecule has 0 saturated carbocycles. The van der Waals surface area contributed by atoms with Crippen LogP contribution in [0.5, 0.6) is 11.5 Å². The predicted octanol–water partition coefficient (Wildman–Crippen LogP) is 7.39. The number of amides is 1. The van der Waals surface area contributed by atoms with E-state index in [0.29, 0.717) is 38.9 Å². The van der Waals surface area contributed by atoms with E-state index in [1.54, 1.807) is 36.4 Å². The Balaban J connectivity index is 1.84. The molecule has 1 amide bonds. The van der Waals surface area contributed by atoms with E-state index < -0.39 is 5.91 Å². The van der Waals surface area contributed by atoms with Crippen molar-refractivity contribution < 1.29 is 14.3 Å². The minimum atomic E-state index is -0.529. The fourth-order valence-corrected chi connectivity index (χ4v) is 4.51. The molecule has 3 rings (SSSR count). The normalized spacial score (nSPS) is 10.9. The summed E-state index contributed by atoms with van der Waals surface area (Å²) >= 11 is 13.0. The topological polar surface area (TPSA) is 71.3 Å². The Morgan fingerprint density at radius 3 is 2.55 bits per heavy atom. The number of nitrogens with zero attached hydrogens (tertiary/aromatic N) is 1. The second kappa shape index (κ2) is 11.9. The zero-order valence-corrected chi connectivity index (χ0v) is 21.5. The molecule has 3 aromatic carbocycles. The van der Waals surface area contributed by atoms with E-state index in [9.17, 15) is 10.1 Å². The van der Waals surface area contributed by atoms with Crippen LogP contribution < -0.4 is 14.8 Å². The summed E-state index contributed by atoms with van der Waals surface area (Å²) in [5, 5.41) is 13.0. The molecular formula is C25H19Br2ClN2O3. The van der Waals surface area contributed by atoms with Crippen molar-refractivity contribution in [2.24, 2.45) is 0 Å². The van der Waals surface area contributed by atoms with Crippen molar-refractivity contribution in [2.45, 2.75) is 13.5 Å². The van der Waals surface area contributed by atoms with Crippen LogP contribution in [0, 0.1) is 11.3 Å². The predicted molar refractivity (Wildman–Crippen MR) is 137 cm³/mol. The van der Waals surface area contributed by atoms with Crippen molar-refractivity contribution in [1.29, 1.82) is 5.26 Å². The molecule has 0 spiro atoms. The van der Waals surface area contributed by atoms with E-state index >= 15 is 0 Å². The van der Waals surface area contributed by atoms with Gasteiger partial charge in [-0.3, -0.25) is 4.79 Å². The van der Waals surface area contributed by atoms with Gasteiger partial charge in [0.15, 0.2) is 0 Å². The molecule has 0 aliphatic carbocycles. The van der Waals surface area contributed by atoms with Crippen molar-refractivity contribution in [3.63, 3.8) is 0 Å². The fraction of sp³-hybridized carbons (Fsp3) is 0.120. The average Bonchev–Trinajstić information content (AvgIpc) is 2.78. The Morgan fingerprint density at radius 2 is 1.88 bits per heavy atom. The van der Waals surface area contributed by atoms with Crippen LogP contribution in [0.2, 0.25) is 5.02 Å². The summed E-state index contributed by atoms with van der Waals surface area (Å²) in [6, 6.07) is 19.9. The van der Waals surface area contributed by atoms with Crippen LogP contribution in [-0.4, -0.2) is 12.5 Å². The number of nitrogens with one attached hydrogen (secondary N) is 1. The third-order valence-corrected chi connectivity index (χ3v) is 5.68. The first-order valence-corrected chi connectivity index (χ1v) is 11.9. The minimum absolute atomic E-state index is 0.0681. The Morgan fingerprint density at radius 1 is 1.12 bits per heavy atom. The summed E-state index contributed by atoms with van der Waals surface area (Å²) in [7, 11) is 0. The third-order valence-electron chi connectivity index (χ3n) is 4.40. The molecule has 1 N–H and O–H groups in total. The largest absolute Gasteiger partial charge is 0.494 e. The van der Waals surface area contributed by atoms with Gasteiger partial charge in [-0.2, -0.15) is 5.26 Å². The molecule has 5 nitrogen and oxygen atoms in total. The highest BCUT2D eigenvalue weighted by Crippen LogP contribution is 2.35. The van der Waals surface area contributed by atoms with E-state index in [4.69, 9.17) is 21.1 Å². The monoisotopic (exact) mass is 588 g/mol. The highest BCUT2D eigenvalue weighted by molar-refractivity contribution is 9.11. The number of ether oxygens (including phenoxy) is 2. The lowest BCUT2D eigenvalue weighted by Gasteiger charge is -2.13. The van der Waals surface area contributed by atoms with Crippen LogP contribution in [0.25, 0.3) is 6.08 Å². The molecule has 8 heteroatoms. The molecule has 0 unspecified atom stereocenters. The van der Waals surface area contributed by atoms with Gasteiger partial charge in [0.2, 0.25) is 0 Å². The van der Waals surface area contributed by atoms with Gasteiger partial charge in [-0.25, -0.2) is 0 Å². The lowest BCUT2D eigenvalue weighted by molar-refractivity contribution is -0.112. The molecule has 3 aromatic rings. The molecule has 0 heterocycles. The van der Waals surface area contributed by atoms with Crippen LogP contribution in [0.3, 0.4) is 0 Å². The number of carbonyl (C=O) groups is 1. The van der Waals surface area contributed by atoms with Gasteiger partial charge < -0.3 is 14.8 Å². The van der Waals surface area contributed by atoms with E-state index in [-0.39, 0.29) is 12.2 Å². The standard InChI is InChI=1S/C25H19Br2ClN2O3/c1-2-32-22-8-6-21(7-9-22)30-25(31)18(14-29)11-17-12-19(26)13-23(27)24(17)33-15-16-4-3-5-20(28)10-16/h3-13H,2,15H2,1H3,(H,30,31)/b18-11+. The Labute approximate surface area is 214 Å². The molecule has 168 valence electrons. The average molecular weight is 591 g/mol. The van der Waals surface area contributed by atoms with Crippen LogP contribution in [-0.2, 0) is 11.4 Å². The number of rotatable bonds is 8. The number of carbonyl (C=O) groups excluding carboxylic acids is 1. The highest BCUT2D eigenvalue weighted by Gasteiger charge is 2.15. The third kappa shape index (κ3) is 7.10. The van der Waals surface area contributed by atoms with Gasteiger partial charge in [-0.05, 0) is 83.0 Å². The first kappa shape index (κ1) is 24.8. The molecule has 0 aliphatic rings.